The molecule has 4 rings (SSSR count). The van der Waals surface area contributed by atoms with Crippen molar-refractivity contribution in [2.75, 3.05) is 7.11 Å². The summed E-state index contributed by atoms with van der Waals surface area (Å²) in [5.74, 6) is -0.367. The minimum Gasteiger partial charge on any atom is -0.505 e. The van der Waals surface area contributed by atoms with E-state index in [2.05, 4.69) is 20.6 Å². The van der Waals surface area contributed by atoms with Crippen LogP contribution in [0, 0.1) is 0 Å². The van der Waals surface area contributed by atoms with E-state index >= 15 is 0 Å². The topological polar surface area (TPSA) is 118 Å². The minimum absolute atomic E-state index is 0.133. The molecule has 0 atom stereocenters. The van der Waals surface area contributed by atoms with Gasteiger partial charge in [-0.05, 0) is 40.6 Å². The van der Waals surface area contributed by atoms with Crippen LogP contribution in [0.3, 0.4) is 0 Å². The van der Waals surface area contributed by atoms with Gasteiger partial charge in [-0.2, -0.15) is 5.21 Å². The lowest BCUT2D eigenvalue weighted by atomic mass is 10.0. The molecule has 0 saturated carbocycles. The highest BCUT2D eigenvalue weighted by Crippen LogP contribution is 2.38. The van der Waals surface area contributed by atoms with Crippen LogP contribution in [0.15, 0.2) is 65.6 Å². The molecule has 0 unspecified atom stereocenters. The molecular formula is C21H17ClN4O4S. The van der Waals surface area contributed by atoms with Gasteiger partial charge in [-0.1, -0.05) is 48.0 Å². The SMILES string of the molecule is COc1ccc(-c2ccccc2)cc1CS(=O)(=O)c1cc(-c2nn[nH]n2)cc(Cl)c1O. The molecule has 1 aromatic heterocycles. The highest BCUT2D eigenvalue weighted by molar-refractivity contribution is 7.90. The summed E-state index contributed by atoms with van der Waals surface area (Å²) in [5, 5.41) is 23.7. The van der Waals surface area contributed by atoms with Gasteiger partial charge in [0.1, 0.15) is 10.6 Å². The van der Waals surface area contributed by atoms with E-state index in [9.17, 15) is 13.5 Å². The number of hydrogen-bond acceptors (Lipinski definition) is 7. The fraction of sp³-hybridized carbons (Fsp3) is 0.0952. The predicted octanol–water partition coefficient (Wildman–Crippen LogP) is 3.88. The third-order valence-corrected chi connectivity index (χ3v) is 6.66. The van der Waals surface area contributed by atoms with E-state index in [0.717, 1.165) is 11.1 Å². The maximum Gasteiger partial charge on any atom is 0.204 e. The summed E-state index contributed by atoms with van der Waals surface area (Å²) in [6, 6.07) is 17.5. The van der Waals surface area contributed by atoms with Gasteiger partial charge in [0.15, 0.2) is 15.6 Å². The molecular weight excluding hydrogens is 440 g/mol. The number of rotatable bonds is 6. The average molecular weight is 457 g/mol. The summed E-state index contributed by atoms with van der Waals surface area (Å²) >= 11 is 6.08. The summed E-state index contributed by atoms with van der Waals surface area (Å²) < 4.78 is 31.9. The molecule has 1 heterocycles. The molecule has 0 fully saturated rings. The van der Waals surface area contributed by atoms with Gasteiger partial charge in [-0.3, -0.25) is 0 Å². The quantitative estimate of drug-likeness (QED) is 0.452. The van der Waals surface area contributed by atoms with Crippen LogP contribution < -0.4 is 4.74 Å². The average Bonchev–Trinajstić information content (AvgIpc) is 3.30. The Labute approximate surface area is 183 Å². The van der Waals surface area contributed by atoms with Gasteiger partial charge in [0.2, 0.25) is 5.82 Å². The molecule has 0 radical (unpaired) electrons. The van der Waals surface area contributed by atoms with E-state index in [1.807, 2.05) is 36.4 Å². The van der Waals surface area contributed by atoms with Gasteiger partial charge in [0.05, 0.1) is 17.9 Å². The highest BCUT2D eigenvalue weighted by Gasteiger charge is 2.25. The number of benzene rings is 3. The molecule has 0 spiro atoms. The highest BCUT2D eigenvalue weighted by atomic mass is 35.5. The Balaban J connectivity index is 1.78. The van der Waals surface area contributed by atoms with Crippen molar-refractivity contribution in [1.82, 2.24) is 20.6 Å². The molecule has 158 valence electrons. The van der Waals surface area contributed by atoms with Gasteiger partial charge in [-0.15, -0.1) is 10.2 Å². The van der Waals surface area contributed by atoms with Crippen molar-refractivity contribution in [2.24, 2.45) is 0 Å². The molecule has 0 amide bonds. The molecule has 0 saturated heterocycles. The summed E-state index contributed by atoms with van der Waals surface area (Å²) in [4.78, 5) is -0.327. The number of hydrogen-bond donors (Lipinski definition) is 2. The maximum absolute atomic E-state index is 13.3. The van der Waals surface area contributed by atoms with Gasteiger partial charge in [0.25, 0.3) is 0 Å². The number of sulfone groups is 1. The fourth-order valence-electron chi connectivity index (χ4n) is 3.21. The first kappa shape index (κ1) is 20.8. The smallest absolute Gasteiger partial charge is 0.204 e. The van der Waals surface area contributed by atoms with Crippen molar-refractivity contribution >= 4 is 21.4 Å². The van der Waals surface area contributed by atoms with Crippen LogP contribution in [0.1, 0.15) is 5.56 Å². The molecule has 3 aromatic carbocycles. The van der Waals surface area contributed by atoms with Crippen molar-refractivity contribution in [1.29, 1.82) is 0 Å². The maximum atomic E-state index is 13.3. The standard InChI is InChI=1S/C21H17ClN4O4S/c1-30-18-8-7-14(13-5-3-2-4-6-13)9-16(18)12-31(28,29)19-11-15(10-17(22)20(19)27)21-23-25-26-24-21/h2-11,27H,12H2,1H3,(H,23,24,25,26). The van der Waals surface area contributed by atoms with Crippen molar-refractivity contribution in [2.45, 2.75) is 10.6 Å². The van der Waals surface area contributed by atoms with Gasteiger partial charge in [0, 0.05) is 11.1 Å². The monoisotopic (exact) mass is 456 g/mol. The van der Waals surface area contributed by atoms with E-state index in [4.69, 9.17) is 16.3 Å². The molecule has 10 heteroatoms. The Bertz CT molecular complexity index is 1330. The van der Waals surface area contributed by atoms with Crippen molar-refractivity contribution in [3.05, 3.63) is 71.2 Å². The van der Waals surface area contributed by atoms with Crippen LogP contribution in [0.4, 0.5) is 0 Å². The number of tetrazole rings is 1. The number of nitrogens with one attached hydrogen (secondary N) is 1. The van der Waals surface area contributed by atoms with Crippen molar-refractivity contribution in [3.8, 4) is 34.0 Å². The van der Waals surface area contributed by atoms with E-state index in [0.29, 0.717) is 16.9 Å². The molecule has 4 aromatic rings. The van der Waals surface area contributed by atoms with Crippen LogP contribution in [0.5, 0.6) is 11.5 Å². The summed E-state index contributed by atoms with van der Waals surface area (Å²) in [6.45, 7) is 0. The molecule has 2 N–H and O–H groups in total. The minimum atomic E-state index is -4.01. The Morgan fingerprint density at radius 2 is 1.81 bits per heavy atom. The fourth-order valence-corrected chi connectivity index (χ4v) is 4.99. The first-order valence-corrected chi connectivity index (χ1v) is 11.1. The van der Waals surface area contributed by atoms with Gasteiger partial charge in [-0.25, -0.2) is 8.42 Å². The van der Waals surface area contributed by atoms with Crippen molar-refractivity contribution in [3.63, 3.8) is 0 Å². The van der Waals surface area contributed by atoms with Crippen LogP contribution in [-0.4, -0.2) is 41.3 Å². The van der Waals surface area contributed by atoms with Crippen LogP contribution in [-0.2, 0) is 15.6 Å². The number of nitrogens with zero attached hydrogens (tertiary/aromatic N) is 3. The predicted molar refractivity (Wildman–Crippen MR) is 116 cm³/mol. The third kappa shape index (κ3) is 4.23. The number of aromatic nitrogens is 4. The number of phenols is 1. The van der Waals surface area contributed by atoms with Crippen LogP contribution in [0.2, 0.25) is 5.02 Å². The van der Waals surface area contributed by atoms with E-state index in [1.54, 1.807) is 12.1 Å². The van der Waals surface area contributed by atoms with Crippen molar-refractivity contribution < 1.29 is 18.3 Å². The second-order valence-corrected chi connectivity index (χ2v) is 9.06. The third-order valence-electron chi connectivity index (χ3n) is 4.70. The molecule has 0 aliphatic carbocycles. The Kier molecular flexibility index (Phi) is 5.62. The van der Waals surface area contributed by atoms with Crippen LogP contribution in [0.25, 0.3) is 22.5 Å². The summed E-state index contributed by atoms with van der Waals surface area (Å²) in [5.41, 5.74) is 2.53. The second kappa shape index (κ2) is 8.37. The molecule has 0 aliphatic rings. The largest absolute Gasteiger partial charge is 0.505 e. The Hall–Kier alpha value is -3.43. The second-order valence-electron chi connectivity index (χ2n) is 6.69. The molecule has 8 nitrogen and oxygen atoms in total. The Morgan fingerprint density at radius 1 is 1.03 bits per heavy atom. The normalized spacial score (nSPS) is 11.4. The number of ether oxygens (including phenoxy) is 1. The Morgan fingerprint density at radius 3 is 2.48 bits per heavy atom. The number of aromatic hydroxyl groups is 1. The lowest BCUT2D eigenvalue weighted by molar-refractivity contribution is 0.411. The van der Waals surface area contributed by atoms with E-state index < -0.39 is 21.3 Å². The zero-order valence-electron chi connectivity index (χ0n) is 16.3. The van der Waals surface area contributed by atoms with Crippen LogP contribution >= 0.6 is 11.6 Å². The molecule has 0 aliphatic heterocycles. The zero-order chi connectivity index (χ0) is 22.0. The number of halogens is 1. The number of phenolic OH excluding ortho intramolecular Hbond substituents is 1. The molecule has 31 heavy (non-hydrogen) atoms. The number of H-pyrrole nitrogens is 1. The first-order valence-electron chi connectivity index (χ1n) is 9.10. The first-order chi connectivity index (χ1) is 14.9. The lowest BCUT2D eigenvalue weighted by Crippen LogP contribution is -2.07. The molecule has 0 bridgehead atoms. The van der Waals surface area contributed by atoms with E-state index in [-0.39, 0.29) is 15.7 Å². The summed E-state index contributed by atoms with van der Waals surface area (Å²) in [6.07, 6.45) is 0. The zero-order valence-corrected chi connectivity index (χ0v) is 17.9. The summed E-state index contributed by atoms with van der Waals surface area (Å²) in [7, 11) is -2.54. The van der Waals surface area contributed by atoms with E-state index in [1.165, 1.54) is 19.2 Å². The number of methoxy groups -OCH3 is 1. The number of aromatic amines is 1. The van der Waals surface area contributed by atoms with Gasteiger partial charge >= 0.3 is 0 Å². The lowest BCUT2D eigenvalue weighted by Gasteiger charge is -2.13. The van der Waals surface area contributed by atoms with Gasteiger partial charge < -0.3 is 9.84 Å².